The van der Waals surface area contributed by atoms with E-state index in [-0.39, 0.29) is 0 Å². The van der Waals surface area contributed by atoms with Gasteiger partial charge in [-0.3, -0.25) is 0 Å². The number of unbranched alkanes of at least 4 members (excludes halogenated alkanes) is 3. The molecule has 0 amide bonds. The maximum absolute atomic E-state index is 11.3. The molecule has 5 heteroatoms. The van der Waals surface area contributed by atoms with Gasteiger partial charge in [0.25, 0.3) is 0 Å². The van der Waals surface area contributed by atoms with Crippen LogP contribution in [0, 0.1) is 0 Å². The standard InChI is InChI=1S/C21H28N2O3/c1-4-6-7-8-9-16-14-22-19(23-15-16)17-10-12-18(13-11-17)26-21(3,5-2)20(24)25/h10-15H,4-9H2,1-3H3,(H,24,25). The molecule has 0 saturated carbocycles. The maximum atomic E-state index is 11.3. The Kier molecular flexibility index (Phi) is 7.13. The van der Waals surface area contributed by atoms with E-state index in [1.165, 1.54) is 25.7 Å². The van der Waals surface area contributed by atoms with Crippen molar-refractivity contribution >= 4 is 5.97 Å². The first-order valence-electron chi connectivity index (χ1n) is 9.32. The predicted molar refractivity (Wildman–Crippen MR) is 102 cm³/mol. The van der Waals surface area contributed by atoms with Crippen molar-refractivity contribution in [3.05, 3.63) is 42.2 Å². The van der Waals surface area contributed by atoms with E-state index in [0.717, 1.165) is 17.5 Å². The second kappa shape index (κ2) is 9.32. The molecular formula is C21H28N2O3. The number of carboxylic acid groups (broad SMARTS) is 1. The number of aliphatic carboxylic acids is 1. The molecule has 0 saturated heterocycles. The number of ether oxygens (including phenoxy) is 1. The quantitative estimate of drug-likeness (QED) is 0.613. The van der Waals surface area contributed by atoms with Crippen molar-refractivity contribution in [1.29, 1.82) is 0 Å². The molecule has 1 aromatic heterocycles. The number of hydrogen-bond donors (Lipinski definition) is 1. The Labute approximate surface area is 155 Å². The summed E-state index contributed by atoms with van der Waals surface area (Å²) in [5.41, 5.74) is 0.811. The fourth-order valence-corrected chi connectivity index (χ4v) is 2.59. The SMILES string of the molecule is CCCCCCc1cnc(-c2ccc(OC(C)(CC)C(=O)O)cc2)nc1. The average molecular weight is 356 g/mol. The topological polar surface area (TPSA) is 72.3 Å². The van der Waals surface area contributed by atoms with Crippen LogP contribution in [0.4, 0.5) is 0 Å². The number of carbonyl (C=O) groups is 1. The van der Waals surface area contributed by atoms with Crippen molar-refractivity contribution in [2.24, 2.45) is 0 Å². The normalized spacial score (nSPS) is 13.2. The highest BCUT2D eigenvalue weighted by Crippen LogP contribution is 2.24. The highest BCUT2D eigenvalue weighted by Gasteiger charge is 2.33. The Morgan fingerprint density at radius 3 is 2.27 bits per heavy atom. The molecular weight excluding hydrogens is 328 g/mol. The van der Waals surface area contributed by atoms with Crippen LogP contribution in [-0.4, -0.2) is 26.6 Å². The molecule has 1 aromatic carbocycles. The highest BCUT2D eigenvalue weighted by atomic mass is 16.5. The van der Waals surface area contributed by atoms with Gasteiger partial charge in [-0.25, -0.2) is 14.8 Å². The van der Waals surface area contributed by atoms with Crippen LogP contribution >= 0.6 is 0 Å². The Balaban J connectivity index is 2.00. The van der Waals surface area contributed by atoms with Crippen molar-refractivity contribution in [2.75, 3.05) is 0 Å². The molecule has 0 spiro atoms. The molecule has 5 nitrogen and oxygen atoms in total. The van der Waals surface area contributed by atoms with Crippen LogP contribution in [0.2, 0.25) is 0 Å². The maximum Gasteiger partial charge on any atom is 0.347 e. The zero-order valence-electron chi connectivity index (χ0n) is 15.9. The number of carboxylic acids is 1. The van der Waals surface area contributed by atoms with Crippen LogP contribution in [0.1, 0.15) is 58.4 Å². The fraction of sp³-hybridized carbons (Fsp3) is 0.476. The smallest absolute Gasteiger partial charge is 0.347 e. The van der Waals surface area contributed by atoms with Crippen molar-refractivity contribution in [3.63, 3.8) is 0 Å². The van der Waals surface area contributed by atoms with E-state index in [4.69, 9.17) is 4.74 Å². The Bertz CT molecular complexity index is 698. The van der Waals surface area contributed by atoms with E-state index in [2.05, 4.69) is 16.9 Å². The third-order valence-electron chi connectivity index (χ3n) is 4.61. The van der Waals surface area contributed by atoms with E-state index < -0.39 is 11.6 Å². The minimum absolute atomic E-state index is 0.382. The van der Waals surface area contributed by atoms with E-state index in [9.17, 15) is 9.90 Å². The Morgan fingerprint density at radius 1 is 1.08 bits per heavy atom. The Morgan fingerprint density at radius 2 is 1.73 bits per heavy atom. The molecule has 0 aliphatic rings. The molecule has 1 heterocycles. The first-order valence-corrected chi connectivity index (χ1v) is 9.32. The largest absolute Gasteiger partial charge is 0.478 e. The first kappa shape index (κ1) is 19.9. The second-order valence-corrected chi connectivity index (χ2v) is 6.74. The van der Waals surface area contributed by atoms with Gasteiger partial charge in [-0.15, -0.1) is 0 Å². The third-order valence-corrected chi connectivity index (χ3v) is 4.61. The molecule has 0 fully saturated rings. The van der Waals surface area contributed by atoms with Crippen molar-refractivity contribution in [2.45, 2.75) is 64.9 Å². The summed E-state index contributed by atoms with van der Waals surface area (Å²) >= 11 is 0. The second-order valence-electron chi connectivity index (χ2n) is 6.74. The van der Waals surface area contributed by atoms with Crippen LogP contribution in [0.5, 0.6) is 5.75 Å². The molecule has 0 radical (unpaired) electrons. The Hall–Kier alpha value is -2.43. The van der Waals surface area contributed by atoms with Gasteiger partial charge in [0.15, 0.2) is 5.82 Å². The summed E-state index contributed by atoms with van der Waals surface area (Å²) in [6.45, 7) is 5.57. The minimum atomic E-state index is -1.22. The van der Waals surface area contributed by atoms with E-state index >= 15 is 0 Å². The monoisotopic (exact) mass is 356 g/mol. The number of hydrogen-bond acceptors (Lipinski definition) is 4. The number of nitrogens with zero attached hydrogens (tertiary/aromatic N) is 2. The zero-order valence-corrected chi connectivity index (χ0v) is 15.9. The van der Waals surface area contributed by atoms with Gasteiger partial charge in [0.2, 0.25) is 5.60 Å². The van der Waals surface area contributed by atoms with Crippen LogP contribution in [0.3, 0.4) is 0 Å². The van der Waals surface area contributed by atoms with E-state index in [0.29, 0.717) is 18.0 Å². The van der Waals surface area contributed by atoms with Gasteiger partial charge >= 0.3 is 5.97 Å². The summed E-state index contributed by atoms with van der Waals surface area (Å²) in [4.78, 5) is 20.2. The lowest BCUT2D eigenvalue weighted by atomic mass is 10.0. The van der Waals surface area contributed by atoms with E-state index in [1.807, 2.05) is 24.5 Å². The summed E-state index contributed by atoms with van der Waals surface area (Å²) in [5.74, 6) is 0.209. The van der Waals surface area contributed by atoms with Gasteiger partial charge in [0, 0.05) is 18.0 Å². The third kappa shape index (κ3) is 5.28. The van der Waals surface area contributed by atoms with Gasteiger partial charge in [-0.1, -0.05) is 33.1 Å². The van der Waals surface area contributed by atoms with Gasteiger partial charge in [-0.05, 0) is 56.0 Å². The summed E-state index contributed by atoms with van der Waals surface area (Å²) in [5, 5.41) is 9.30. The zero-order chi connectivity index (χ0) is 19.0. The van der Waals surface area contributed by atoms with Gasteiger partial charge in [-0.2, -0.15) is 0 Å². The number of aromatic nitrogens is 2. The minimum Gasteiger partial charge on any atom is -0.478 e. The van der Waals surface area contributed by atoms with Crippen molar-refractivity contribution in [3.8, 4) is 17.1 Å². The molecule has 2 rings (SSSR count). The van der Waals surface area contributed by atoms with Crippen LogP contribution in [-0.2, 0) is 11.2 Å². The highest BCUT2D eigenvalue weighted by molar-refractivity contribution is 5.77. The first-order chi connectivity index (χ1) is 12.5. The summed E-state index contributed by atoms with van der Waals surface area (Å²) in [6.07, 6.45) is 10.1. The molecule has 26 heavy (non-hydrogen) atoms. The van der Waals surface area contributed by atoms with Crippen molar-refractivity contribution in [1.82, 2.24) is 9.97 Å². The lowest BCUT2D eigenvalue weighted by Crippen LogP contribution is -2.40. The predicted octanol–water partition coefficient (Wildman–Crippen LogP) is 4.90. The van der Waals surface area contributed by atoms with Gasteiger partial charge in [0.1, 0.15) is 5.75 Å². The number of aryl methyl sites for hydroxylation is 1. The molecule has 0 aliphatic carbocycles. The lowest BCUT2D eigenvalue weighted by Gasteiger charge is -2.24. The molecule has 0 bridgehead atoms. The molecule has 140 valence electrons. The summed E-state index contributed by atoms with van der Waals surface area (Å²) < 4.78 is 5.65. The number of rotatable bonds is 10. The summed E-state index contributed by atoms with van der Waals surface area (Å²) in [7, 11) is 0. The van der Waals surface area contributed by atoms with Gasteiger partial charge < -0.3 is 9.84 Å². The molecule has 1 atom stereocenters. The van der Waals surface area contributed by atoms with E-state index in [1.54, 1.807) is 26.0 Å². The average Bonchev–Trinajstić information content (AvgIpc) is 2.66. The van der Waals surface area contributed by atoms with Crippen LogP contribution in [0.25, 0.3) is 11.4 Å². The molecule has 1 unspecified atom stereocenters. The molecule has 1 N–H and O–H groups in total. The fourth-order valence-electron chi connectivity index (χ4n) is 2.59. The number of benzene rings is 1. The van der Waals surface area contributed by atoms with Crippen LogP contribution in [0.15, 0.2) is 36.7 Å². The van der Waals surface area contributed by atoms with Crippen molar-refractivity contribution < 1.29 is 14.6 Å². The van der Waals surface area contributed by atoms with Crippen LogP contribution < -0.4 is 4.74 Å². The molecule has 2 aromatic rings. The van der Waals surface area contributed by atoms with Gasteiger partial charge in [0.05, 0.1) is 0 Å². The summed E-state index contributed by atoms with van der Waals surface area (Å²) in [6, 6.07) is 7.22. The lowest BCUT2D eigenvalue weighted by molar-refractivity contribution is -0.154. The molecule has 0 aliphatic heterocycles.